The molecule has 0 unspecified atom stereocenters. The molecule has 2 aromatic carbocycles. The molecule has 0 radical (unpaired) electrons. The smallest absolute Gasteiger partial charge is 0.335 e. The van der Waals surface area contributed by atoms with Crippen molar-refractivity contribution in [1.29, 1.82) is 0 Å². The van der Waals surface area contributed by atoms with Crippen molar-refractivity contribution < 1.29 is 19.4 Å². The number of fused-ring (bicyclic) bond motifs is 2. The number of carbonyl (C=O) groups is 1. The number of hydrogen-bond acceptors (Lipinski definition) is 6. The van der Waals surface area contributed by atoms with Gasteiger partial charge in [-0.3, -0.25) is 0 Å². The molecule has 0 fully saturated rings. The summed E-state index contributed by atoms with van der Waals surface area (Å²) in [6.07, 6.45) is 2.40. The highest BCUT2D eigenvalue weighted by Gasteiger charge is 2.23. The van der Waals surface area contributed by atoms with Gasteiger partial charge in [-0.1, -0.05) is 12.1 Å². The van der Waals surface area contributed by atoms with Crippen LogP contribution in [-0.2, 0) is 13.0 Å². The standard InChI is InChI=1S/C20H19N3O4/c1-26-18-8-15-16(9-19(18)27-2)22-21-10-17(15)23-7-6-13-12(11-23)4-3-5-14(13)20(24)25/h3-5,8-10H,6-7,11H2,1-2H3,(H,24,25). The number of carboxylic acid groups (broad SMARTS) is 1. The fraction of sp³-hybridized carbons (Fsp3) is 0.250. The molecule has 7 heteroatoms. The number of nitrogens with zero attached hydrogens (tertiary/aromatic N) is 3. The second-order valence-corrected chi connectivity index (χ2v) is 6.37. The summed E-state index contributed by atoms with van der Waals surface area (Å²) in [5, 5.41) is 18.7. The first-order valence-corrected chi connectivity index (χ1v) is 8.58. The summed E-state index contributed by atoms with van der Waals surface area (Å²) in [5.41, 5.74) is 3.97. The van der Waals surface area contributed by atoms with E-state index in [4.69, 9.17) is 9.47 Å². The van der Waals surface area contributed by atoms with Gasteiger partial charge in [0.15, 0.2) is 11.5 Å². The molecule has 4 rings (SSSR count). The van der Waals surface area contributed by atoms with Gasteiger partial charge >= 0.3 is 5.97 Å². The number of aromatic carboxylic acids is 1. The van der Waals surface area contributed by atoms with Gasteiger partial charge in [0.2, 0.25) is 0 Å². The zero-order chi connectivity index (χ0) is 19.0. The van der Waals surface area contributed by atoms with Crippen molar-refractivity contribution in [3.05, 3.63) is 53.2 Å². The molecule has 1 aliphatic rings. The summed E-state index contributed by atoms with van der Waals surface area (Å²) in [6.45, 7) is 1.32. The van der Waals surface area contributed by atoms with Gasteiger partial charge in [0.1, 0.15) is 0 Å². The van der Waals surface area contributed by atoms with E-state index in [1.54, 1.807) is 32.5 Å². The predicted molar refractivity (Wildman–Crippen MR) is 101 cm³/mol. The van der Waals surface area contributed by atoms with Crippen LogP contribution in [0.3, 0.4) is 0 Å². The molecule has 0 spiro atoms. The normalized spacial score (nSPS) is 13.3. The monoisotopic (exact) mass is 365 g/mol. The largest absolute Gasteiger partial charge is 0.493 e. The highest BCUT2D eigenvalue weighted by molar-refractivity contribution is 5.94. The lowest BCUT2D eigenvalue weighted by Crippen LogP contribution is -2.31. The van der Waals surface area contributed by atoms with E-state index in [2.05, 4.69) is 15.1 Å². The van der Waals surface area contributed by atoms with Crippen LogP contribution >= 0.6 is 0 Å². The van der Waals surface area contributed by atoms with Crippen LogP contribution in [0, 0.1) is 0 Å². The van der Waals surface area contributed by atoms with E-state index in [9.17, 15) is 9.90 Å². The van der Waals surface area contributed by atoms with Crippen molar-refractivity contribution in [3.8, 4) is 11.5 Å². The first-order valence-electron chi connectivity index (χ1n) is 8.58. The molecule has 7 nitrogen and oxygen atoms in total. The van der Waals surface area contributed by atoms with Gasteiger partial charge in [0.25, 0.3) is 0 Å². The Morgan fingerprint density at radius 3 is 2.70 bits per heavy atom. The Kier molecular flexibility index (Phi) is 4.27. The van der Waals surface area contributed by atoms with E-state index in [0.717, 1.165) is 27.7 Å². The Morgan fingerprint density at radius 2 is 1.96 bits per heavy atom. The van der Waals surface area contributed by atoms with E-state index in [0.29, 0.717) is 36.6 Å². The first kappa shape index (κ1) is 17.1. The summed E-state index contributed by atoms with van der Waals surface area (Å²) in [6, 6.07) is 9.15. The van der Waals surface area contributed by atoms with E-state index < -0.39 is 5.97 Å². The molecule has 0 saturated carbocycles. The molecule has 2 heterocycles. The van der Waals surface area contributed by atoms with Gasteiger partial charge in [-0.25, -0.2) is 4.79 Å². The zero-order valence-electron chi connectivity index (χ0n) is 15.1. The van der Waals surface area contributed by atoms with E-state index in [-0.39, 0.29) is 0 Å². The third kappa shape index (κ3) is 2.91. The summed E-state index contributed by atoms with van der Waals surface area (Å²) in [5.74, 6) is 0.351. The van der Waals surface area contributed by atoms with Gasteiger partial charge < -0.3 is 19.5 Å². The maximum atomic E-state index is 11.5. The number of benzene rings is 2. The second kappa shape index (κ2) is 6.75. The molecule has 1 N–H and O–H groups in total. The highest BCUT2D eigenvalue weighted by atomic mass is 16.5. The van der Waals surface area contributed by atoms with Crippen LogP contribution in [0.25, 0.3) is 10.9 Å². The minimum Gasteiger partial charge on any atom is -0.493 e. The van der Waals surface area contributed by atoms with E-state index >= 15 is 0 Å². The number of rotatable bonds is 4. The van der Waals surface area contributed by atoms with Gasteiger partial charge in [-0.15, -0.1) is 0 Å². The SMILES string of the molecule is COc1cc2nncc(N3CCc4c(cccc4C(=O)O)C3)c2cc1OC. The number of ether oxygens (including phenoxy) is 2. The molecule has 138 valence electrons. The van der Waals surface area contributed by atoms with Crippen LogP contribution in [0.4, 0.5) is 5.69 Å². The maximum absolute atomic E-state index is 11.5. The van der Waals surface area contributed by atoms with Crippen molar-refractivity contribution >= 4 is 22.6 Å². The number of hydrogen-bond donors (Lipinski definition) is 1. The van der Waals surface area contributed by atoms with Crippen LogP contribution in [0.1, 0.15) is 21.5 Å². The summed E-state index contributed by atoms with van der Waals surface area (Å²) < 4.78 is 10.8. The minimum absolute atomic E-state index is 0.385. The van der Waals surface area contributed by atoms with Crippen LogP contribution in [-0.4, -0.2) is 42.0 Å². The summed E-state index contributed by atoms with van der Waals surface area (Å²) in [4.78, 5) is 13.7. The molecule has 1 aliphatic heterocycles. The molecular weight excluding hydrogens is 346 g/mol. The Morgan fingerprint density at radius 1 is 1.19 bits per heavy atom. The number of anilines is 1. The van der Waals surface area contributed by atoms with Gasteiger partial charge in [0.05, 0.1) is 37.2 Å². The zero-order valence-corrected chi connectivity index (χ0v) is 15.1. The van der Waals surface area contributed by atoms with E-state index in [1.165, 1.54) is 0 Å². The Bertz CT molecular complexity index is 1040. The minimum atomic E-state index is -0.881. The average Bonchev–Trinajstić information content (AvgIpc) is 2.71. The third-order valence-corrected chi connectivity index (χ3v) is 4.96. The summed E-state index contributed by atoms with van der Waals surface area (Å²) in [7, 11) is 3.19. The molecule has 0 saturated heterocycles. The maximum Gasteiger partial charge on any atom is 0.335 e. The molecule has 0 atom stereocenters. The topological polar surface area (TPSA) is 84.8 Å². The van der Waals surface area contributed by atoms with Crippen molar-refractivity contribution in [2.75, 3.05) is 25.7 Å². The molecule has 0 aliphatic carbocycles. The lowest BCUT2D eigenvalue weighted by atomic mass is 9.94. The Hall–Kier alpha value is -3.35. The van der Waals surface area contributed by atoms with Crippen molar-refractivity contribution in [3.63, 3.8) is 0 Å². The lowest BCUT2D eigenvalue weighted by Gasteiger charge is -2.31. The summed E-state index contributed by atoms with van der Waals surface area (Å²) >= 11 is 0. The predicted octanol–water partition coefficient (Wildman–Crippen LogP) is 2.91. The second-order valence-electron chi connectivity index (χ2n) is 6.37. The quantitative estimate of drug-likeness (QED) is 0.761. The highest BCUT2D eigenvalue weighted by Crippen LogP contribution is 2.36. The molecule has 1 aromatic heterocycles. The number of aromatic nitrogens is 2. The van der Waals surface area contributed by atoms with Crippen molar-refractivity contribution in [1.82, 2.24) is 10.2 Å². The third-order valence-electron chi connectivity index (χ3n) is 4.96. The molecule has 0 bridgehead atoms. The van der Waals surface area contributed by atoms with Crippen LogP contribution in [0.15, 0.2) is 36.5 Å². The van der Waals surface area contributed by atoms with Crippen LogP contribution < -0.4 is 14.4 Å². The van der Waals surface area contributed by atoms with Gasteiger partial charge in [0, 0.05) is 24.5 Å². The van der Waals surface area contributed by atoms with Crippen molar-refractivity contribution in [2.24, 2.45) is 0 Å². The lowest BCUT2D eigenvalue weighted by molar-refractivity contribution is 0.0695. The first-order chi connectivity index (χ1) is 13.1. The Labute approximate surface area is 156 Å². The Balaban J connectivity index is 1.77. The molecule has 3 aromatic rings. The van der Waals surface area contributed by atoms with Crippen molar-refractivity contribution in [2.45, 2.75) is 13.0 Å². The average molecular weight is 365 g/mol. The molecule has 27 heavy (non-hydrogen) atoms. The van der Waals surface area contributed by atoms with E-state index in [1.807, 2.05) is 18.2 Å². The fourth-order valence-corrected chi connectivity index (χ4v) is 3.64. The van der Waals surface area contributed by atoms with Gasteiger partial charge in [-0.2, -0.15) is 10.2 Å². The molecular formula is C20H19N3O4. The van der Waals surface area contributed by atoms with Crippen LogP contribution in [0.2, 0.25) is 0 Å². The molecule has 0 amide bonds. The fourth-order valence-electron chi connectivity index (χ4n) is 3.64. The number of carboxylic acids is 1. The number of methoxy groups -OCH3 is 2. The van der Waals surface area contributed by atoms with Crippen LogP contribution in [0.5, 0.6) is 11.5 Å². The van der Waals surface area contributed by atoms with Gasteiger partial charge in [-0.05, 0) is 29.7 Å².